The van der Waals surface area contributed by atoms with Crippen molar-refractivity contribution in [3.63, 3.8) is 0 Å². The second-order valence-corrected chi connectivity index (χ2v) is 7.75. The Morgan fingerprint density at radius 3 is 2.24 bits per heavy atom. The summed E-state index contributed by atoms with van der Waals surface area (Å²) in [5.74, 6) is 0.746. The van der Waals surface area contributed by atoms with Crippen molar-refractivity contribution in [3.05, 3.63) is 30.3 Å². The molecular formula is C19H29N2O4+. The van der Waals surface area contributed by atoms with Gasteiger partial charge in [-0.05, 0) is 12.1 Å². The molecule has 0 aromatic heterocycles. The van der Waals surface area contributed by atoms with Gasteiger partial charge in [0, 0.05) is 17.5 Å². The second-order valence-electron chi connectivity index (χ2n) is 7.75. The van der Waals surface area contributed by atoms with Crippen LogP contribution in [0.3, 0.4) is 0 Å². The normalized spacial score (nSPS) is 31.4. The molecule has 3 rings (SSSR count). The fourth-order valence-corrected chi connectivity index (χ4v) is 3.80. The highest BCUT2D eigenvalue weighted by Crippen LogP contribution is 2.24. The van der Waals surface area contributed by atoms with Crippen LogP contribution in [0.15, 0.2) is 30.3 Å². The van der Waals surface area contributed by atoms with E-state index in [0.29, 0.717) is 25.0 Å². The average Bonchev–Trinajstić information content (AvgIpc) is 3.10. The van der Waals surface area contributed by atoms with Crippen LogP contribution in [0.1, 0.15) is 27.7 Å². The van der Waals surface area contributed by atoms with Gasteiger partial charge in [-0.2, -0.15) is 0 Å². The Morgan fingerprint density at radius 2 is 1.72 bits per heavy atom. The number of carbonyl (C=O) groups excluding carboxylic acids is 1. The van der Waals surface area contributed by atoms with Crippen LogP contribution < -0.4 is 10.2 Å². The minimum absolute atomic E-state index is 0.0654. The molecule has 2 N–H and O–H groups in total. The smallest absolute Gasteiger partial charge is 0.411 e. The maximum absolute atomic E-state index is 12.2. The molecule has 1 amide bonds. The molecule has 138 valence electrons. The second kappa shape index (κ2) is 7.32. The molecule has 25 heavy (non-hydrogen) atoms. The van der Waals surface area contributed by atoms with Gasteiger partial charge in [0.15, 0.2) is 24.6 Å². The summed E-state index contributed by atoms with van der Waals surface area (Å²) < 4.78 is 17.7. The van der Waals surface area contributed by atoms with Crippen LogP contribution >= 0.6 is 0 Å². The molecule has 2 heterocycles. The van der Waals surface area contributed by atoms with Gasteiger partial charge in [0.25, 0.3) is 0 Å². The van der Waals surface area contributed by atoms with Gasteiger partial charge in [0.1, 0.15) is 13.2 Å². The van der Waals surface area contributed by atoms with E-state index in [-0.39, 0.29) is 24.6 Å². The van der Waals surface area contributed by atoms with Gasteiger partial charge in [-0.15, -0.1) is 0 Å². The summed E-state index contributed by atoms with van der Waals surface area (Å²) in [4.78, 5) is 13.4. The number of benzene rings is 1. The Kier molecular flexibility index (Phi) is 5.32. The lowest BCUT2D eigenvalue weighted by Crippen LogP contribution is -3.24. The molecule has 6 heteroatoms. The van der Waals surface area contributed by atoms with Crippen molar-refractivity contribution in [2.24, 2.45) is 11.8 Å². The number of hydrogen-bond acceptors (Lipinski definition) is 4. The van der Waals surface area contributed by atoms with Crippen LogP contribution in [0, 0.1) is 11.8 Å². The first-order chi connectivity index (χ1) is 11.9. The molecule has 0 saturated carbocycles. The molecule has 2 atom stereocenters. The number of anilines is 1. The molecule has 2 saturated heterocycles. The highest BCUT2D eigenvalue weighted by atomic mass is 16.6. The number of ether oxygens (including phenoxy) is 3. The minimum atomic E-state index is -0.444. The summed E-state index contributed by atoms with van der Waals surface area (Å²) in [6, 6.07) is 9.31. The van der Waals surface area contributed by atoms with Crippen LogP contribution in [0.4, 0.5) is 10.5 Å². The lowest BCUT2D eigenvalue weighted by Gasteiger charge is -2.33. The van der Waals surface area contributed by atoms with Gasteiger partial charge < -0.3 is 14.2 Å². The highest BCUT2D eigenvalue weighted by molar-refractivity contribution is 5.84. The third-order valence-electron chi connectivity index (χ3n) is 5.01. The van der Waals surface area contributed by atoms with E-state index in [4.69, 9.17) is 14.2 Å². The number of para-hydroxylation sites is 1. The Morgan fingerprint density at radius 1 is 1.16 bits per heavy atom. The number of nitrogens with one attached hydrogen (secondary N) is 2. The summed E-state index contributed by atoms with van der Waals surface area (Å²) in [5, 5.41) is 2.76. The van der Waals surface area contributed by atoms with Crippen molar-refractivity contribution >= 4 is 11.8 Å². The van der Waals surface area contributed by atoms with Crippen molar-refractivity contribution in [1.82, 2.24) is 0 Å². The maximum atomic E-state index is 12.2. The third kappa shape index (κ3) is 3.66. The average molecular weight is 349 g/mol. The largest absolute Gasteiger partial charge is 0.442 e. The summed E-state index contributed by atoms with van der Waals surface area (Å²) in [5.41, 5.74) is 0.400. The topological polar surface area (TPSA) is 61.2 Å². The zero-order chi connectivity index (χ0) is 18.0. The van der Waals surface area contributed by atoms with Gasteiger partial charge in [-0.3, -0.25) is 10.2 Å². The van der Waals surface area contributed by atoms with Gasteiger partial charge in [-0.25, -0.2) is 4.79 Å². The quantitative estimate of drug-likeness (QED) is 0.852. The van der Waals surface area contributed by atoms with Crippen LogP contribution in [-0.4, -0.2) is 43.9 Å². The standard InChI is InChI=1S/C19H28N2O4/c1-13(2)16-21-17(14(3)4)24-11-19(21,10-23-16)12-25-18(22)20-15-8-6-5-7-9-15/h5-9,13-14,16-17H,10-12H2,1-4H3,(H,20,22)/p+1/t16-,17-/m0/s1. The predicted molar refractivity (Wildman–Crippen MR) is 94.3 cm³/mol. The van der Waals surface area contributed by atoms with E-state index in [2.05, 4.69) is 33.0 Å². The highest BCUT2D eigenvalue weighted by Gasteiger charge is 2.62. The van der Waals surface area contributed by atoms with Crippen molar-refractivity contribution in [3.8, 4) is 0 Å². The number of hydrogen-bond donors (Lipinski definition) is 2. The van der Waals surface area contributed by atoms with Crippen molar-refractivity contribution in [1.29, 1.82) is 0 Å². The first kappa shape index (κ1) is 18.2. The fraction of sp³-hybridized carbons (Fsp3) is 0.632. The minimum Gasteiger partial charge on any atom is -0.442 e. The molecule has 2 aliphatic heterocycles. The van der Waals surface area contributed by atoms with E-state index in [1.165, 1.54) is 4.90 Å². The van der Waals surface area contributed by atoms with Crippen LogP contribution in [0.25, 0.3) is 0 Å². The van der Waals surface area contributed by atoms with E-state index < -0.39 is 6.09 Å². The molecule has 0 bridgehead atoms. The molecule has 0 spiro atoms. The summed E-state index contributed by atoms with van der Waals surface area (Å²) in [7, 11) is 0. The van der Waals surface area contributed by atoms with E-state index in [0.717, 1.165) is 5.69 Å². The van der Waals surface area contributed by atoms with E-state index in [9.17, 15) is 4.79 Å². The van der Waals surface area contributed by atoms with E-state index in [1.54, 1.807) is 0 Å². The maximum Gasteiger partial charge on any atom is 0.411 e. The van der Waals surface area contributed by atoms with Crippen molar-refractivity contribution in [2.45, 2.75) is 45.7 Å². The first-order valence-electron chi connectivity index (χ1n) is 9.02. The summed E-state index contributed by atoms with van der Waals surface area (Å²) in [6.45, 7) is 10.0. The summed E-state index contributed by atoms with van der Waals surface area (Å²) in [6.07, 6.45) is -0.313. The number of rotatable bonds is 5. The molecule has 0 unspecified atom stereocenters. The monoisotopic (exact) mass is 349 g/mol. The number of quaternary nitrogens is 1. The molecule has 2 aliphatic rings. The number of carbonyl (C=O) groups is 1. The number of amides is 1. The molecule has 0 aliphatic carbocycles. The van der Waals surface area contributed by atoms with Gasteiger partial charge in [0.2, 0.25) is 0 Å². The SMILES string of the molecule is CC(C)[C@@H]1OCC2(COC(=O)Nc3ccccc3)CO[C@@H](C(C)C)[NH+]12. The van der Waals surface area contributed by atoms with Crippen LogP contribution in [-0.2, 0) is 14.2 Å². The molecular weight excluding hydrogens is 320 g/mol. The Bertz CT molecular complexity index is 570. The third-order valence-corrected chi connectivity index (χ3v) is 5.01. The lowest BCUT2D eigenvalue weighted by atomic mass is 10.00. The molecule has 1 aromatic carbocycles. The van der Waals surface area contributed by atoms with E-state index >= 15 is 0 Å². The zero-order valence-electron chi connectivity index (χ0n) is 15.5. The van der Waals surface area contributed by atoms with Gasteiger partial charge in [-0.1, -0.05) is 45.9 Å². The van der Waals surface area contributed by atoms with Gasteiger partial charge >= 0.3 is 6.09 Å². The van der Waals surface area contributed by atoms with Crippen molar-refractivity contribution in [2.75, 3.05) is 25.1 Å². The summed E-state index contributed by atoms with van der Waals surface area (Å²) >= 11 is 0. The van der Waals surface area contributed by atoms with Crippen LogP contribution in [0.2, 0.25) is 0 Å². The Balaban J connectivity index is 1.67. The molecule has 6 nitrogen and oxygen atoms in total. The van der Waals surface area contributed by atoms with Crippen molar-refractivity contribution < 1.29 is 23.9 Å². The zero-order valence-corrected chi connectivity index (χ0v) is 15.5. The molecule has 1 aromatic rings. The first-order valence-corrected chi connectivity index (χ1v) is 9.02. The molecule has 0 radical (unpaired) electrons. The lowest BCUT2D eigenvalue weighted by molar-refractivity contribution is -0.995. The van der Waals surface area contributed by atoms with Crippen LogP contribution in [0.5, 0.6) is 0 Å². The van der Waals surface area contributed by atoms with E-state index in [1.807, 2.05) is 30.3 Å². The predicted octanol–water partition coefficient (Wildman–Crippen LogP) is 1.88. The van der Waals surface area contributed by atoms with Gasteiger partial charge in [0.05, 0.1) is 0 Å². The molecule has 2 fully saturated rings. The number of fused-ring (bicyclic) bond motifs is 1. The Labute approximate surface area is 149 Å². The fourth-order valence-electron chi connectivity index (χ4n) is 3.80. The Hall–Kier alpha value is -1.63.